The van der Waals surface area contributed by atoms with Gasteiger partial charge in [-0.15, -0.1) is 0 Å². The van der Waals surface area contributed by atoms with Crippen LogP contribution in [0.3, 0.4) is 0 Å². The maximum atomic E-state index is 5.72. The largest absolute Gasteiger partial charge is 0.493 e. The molecule has 1 aromatic rings. The summed E-state index contributed by atoms with van der Waals surface area (Å²) in [5, 5.41) is 3.37. The van der Waals surface area contributed by atoms with E-state index in [1.807, 2.05) is 13.1 Å². The molecule has 0 aromatic heterocycles. The van der Waals surface area contributed by atoms with Gasteiger partial charge >= 0.3 is 0 Å². The first-order valence-corrected chi connectivity index (χ1v) is 7.31. The van der Waals surface area contributed by atoms with Crippen LogP contribution >= 0.6 is 0 Å². The lowest BCUT2D eigenvalue weighted by atomic mass is 9.87. The maximum Gasteiger partial charge on any atom is 0.122 e. The molecule has 0 bridgehead atoms. The Morgan fingerprint density at radius 2 is 2.26 bits per heavy atom. The number of hydrogen-bond donors (Lipinski definition) is 1. The molecular formula is C16H25NO2. The summed E-state index contributed by atoms with van der Waals surface area (Å²) in [5.74, 6) is 1.63. The van der Waals surface area contributed by atoms with Gasteiger partial charge < -0.3 is 14.8 Å². The number of hydrogen-bond acceptors (Lipinski definition) is 3. The van der Waals surface area contributed by atoms with Gasteiger partial charge in [0, 0.05) is 12.6 Å². The van der Waals surface area contributed by atoms with Crippen LogP contribution in [0.1, 0.15) is 37.7 Å². The Bertz CT molecular complexity index is 381. The molecule has 106 valence electrons. The van der Waals surface area contributed by atoms with Crippen LogP contribution < -0.4 is 10.1 Å². The van der Waals surface area contributed by atoms with E-state index in [1.54, 1.807) is 0 Å². The van der Waals surface area contributed by atoms with Crippen molar-refractivity contribution in [2.75, 3.05) is 26.9 Å². The highest BCUT2D eigenvalue weighted by Gasteiger charge is 2.23. The van der Waals surface area contributed by atoms with Crippen molar-refractivity contribution >= 4 is 0 Å². The van der Waals surface area contributed by atoms with Gasteiger partial charge in [-0.1, -0.05) is 25.1 Å². The molecule has 2 atom stereocenters. The lowest BCUT2D eigenvalue weighted by molar-refractivity contribution is 0.107. The third-order valence-corrected chi connectivity index (χ3v) is 3.73. The average molecular weight is 263 g/mol. The third kappa shape index (κ3) is 3.95. The number of nitrogens with one attached hydrogen (secondary N) is 1. The van der Waals surface area contributed by atoms with Gasteiger partial charge in [0.05, 0.1) is 13.2 Å². The summed E-state index contributed by atoms with van der Waals surface area (Å²) in [6.07, 6.45) is 3.29. The molecule has 1 N–H and O–H groups in total. The highest BCUT2D eigenvalue weighted by atomic mass is 16.5. The Morgan fingerprint density at radius 1 is 1.42 bits per heavy atom. The summed E-state index contributed by atoms with van der Waals surface area (Å²) in [7, 11) is 2.02. The van der Waals surface area contributed by atoms with E-state index in [0.717, 1.165) is 44.8 Å². The first-order chi connectivity index (χ1) is 9.35. The van der Waals surface area contributed by atoms with Crippen molar-refractivity contribution in [2.45, 2.75) is 38.1 Å². The Kier molecular flexibility index (Phi) is 5.67. The molecule has 0 spiro atoms. The molecule has 0 fully saturated rings. The fraction of sp³-hybridized carbons (Fsp3) is 0.625. The van der Waals surface area contributed by atoms with E-state index in [1.165, 1.54) is 5.56 Å². The van der Waals surface area contributed by atoms with Crippen molar-refractivity contribution < 1.29 is 9.47 Å². The Hall–Kier alpha value is -1.06. The van der Waals surface area contributed by atoms with Gasteiger partial charge in [-0.3, -0.25) is 0 Å². The summed E-state index contributed by atoms with van der Waals surface area (Å²) in [6, 6.07) is 8.83. The van der Waals surface area contributed by atoms with Crippen LogP contribution in [-0.4, -0.2) is 32.9 Å². The van der Waals surface area contributed by atoms with Gasteiger partial charge in [0.1, 0.15) is 5.75 Å². The van der Waals surface area contributed by atoms with Crippen LogP contribution in [0.5, 0.6) is 5.75 Å². The predicted octanol–water partition coefficient (Wildman–Crippen LogP) is 2.96. The summed E-state index contributed by atoms with van der Waals surface area (Å²) >= 11 is 0. The minimum Gasteiger partial charge on any atom is -0.493 e. The minimum atomic E-state index is 0.419. The van der Waals surface area contributed by atoms with Gasteiger partial charge in [-0.05, 0) is 43.9 Å². The zero-order chi connectivity index (χ0) is 13.5. The van der Waals surface area contributed by atoms with E-state index < -0.39 is 0 Å². The third-order valence-electron chi connectivity index (χ3n) is 3.73. The fourth-order valence-corrected chi connectivity index (χ4v) is 2.64. The van der Waals surface area contributed by atoms with Crippen molar-refractivity contribution in [3.63, 3.8) is 0 Å². The highest BCUT2D eigenvalue weighted by Crippen LogP contribution is 2.36. The van der Waals surface area contributed by atoms with E-state index in [2.05, 4.69) is 30.4 Å². The van der Waals surface area contributed by atoms with Gasteiger partial charge in [-0.25, -0.2) is 0 Å². The Balaban J connectivity index is 1.94. The number of fused-ring (bicyclic) bond motifs is 1. The lowest BCUT2D eigenvalue weighted by Crippen LogP contribution is -2.33. The zero-order valence-electron chi connectivity index (χ0n) is 12.0. The van der Waals surface area contributed by atoms with Crippen molar-refractivity contribution in [1.82, 2.24) is 5.32 Å². The molecule has 0 aliphatic carbocycles. The second-order valence-electron chi connectivity index (χ2n) is 5.17. The molecule has 2 unspecified atom stereocenters. The van der Waals surface area contributed by atoms with E-state index in [4.69, 9.17) is 9.47 Å². The molecule has 19 heavy (non-hydrogen) atoms. The van der Waals surface area contributed by atoms with Crippen molar-refractivity contribution in [2.24, 2.45) is 0 Å². The molecule has 1 aliphatic heterocycles. The monoisotopic (exact) mass is 263 g/mol. The van der Waals surface area contributed by atoms with E-state index in [9.17, 15) is 0 Å². The molecular weight excluding hydrogens is 238 g/mol. The van der Waals surface area contributed by atoms with Gasteiger partial charge in [0.2, 0.25) is 0 Å². The molecule has 0 saturated heterocycles. The average Bonchev–Trinajstić information content (AvgIpc) is 2.46. The highest BCUT2D eigenvalue weighted by molar-refractivity contribution is 5.37. The summed E-state index contributed by atoms with van der Waals surface area (Å²) in [6.45, 7) is 4.61. The second kappa shape index (κ2) is 7.51. The minimum absolute atomic E-state index is 0.419. The summed E-state index contributed by atoms with van der Waals surface area (Å²) in [4.78, 5) is 0. The number of ether oxygens (including phenoxy) is 2. The van der Waals surface area contributed by atoms with Crippen LogP contribution in [0.2, 0.25) is 0 Å². The smallest absolute Gasteiger partial charge is 0.122 e. The van der Waals surface area contributed by atoms with Crippen molar-refractivity contribution in [3.8, 4) is 5.75 Å². The molecule has 1 heterocycles. The number of para-hydroxylation sites is 1. The molecule has 3 heteroatoms. The molecule has 1 aliphatic rings. The van der Waals surface area contributed by atoms with E-state index >= 15 is 0 Å². The van der Waals surface area contributed by atoms with Crippen LogP contribution in [-0.2, 0) is 4.74 Å². The van der Waals surface area contributed by atoms with Crippen LogP contribution in [0.25, 0.3) is 0 Å². The number of likely N-dealkylation sites (N-methyl/N-ethyl adjacent to an activating group) is 1. The first kappa shape index (κ1) is 14.4. The normalized spacial score (nSPS) is 19.6. The second-order valence-corrected chi connectivity index (χ2v) is 5.17. The van der Waals surface area contributed by atoms with Crippen molar-refractivity contribution in [1.29, 1.82) is 0 Å². The molecule has 0 amide bonds. The first-order valence-electron chi connectivity index (χ1n) is 7.31. The van der Waals surface area contributed by atoms with Gasteiger partial charge in [0.15, 0.2) is 0 Å². The van der Waals surface area contributed by atoms with Crippen LogP contribution in [0.15, 0.2) is 24.3 Å². The topological polar surface area (TPSA) is 30.5 Å². The summed E-state index contributed by atoms with van der Waals surface area (Å²) < 4.78 is 11.4. The lowest BCUT2D eigenvalue weighted by Gasteiger charge is -2.29. The van der Waals surface area contributed by atoms with E-state index in [-0.39, 0.29) is 0 Å². The van der Waals surface area contributed by atoms with Crippen LogP contribution in [0, 0.1) is 0 Å². The van der Waals surface area contributed by atoms with Crippen LogP contribution in [0.4, 0.5) is 0 Å². The molecule has 3 nitrogen and oxygen atoms in total. The fourth-order valence-electron chi connectivity index (χ4n) is 2.64. The Morgan fingerprint density at radius 3 is 3.05 bits per heavy atom. The number of rotatable bonds is 7. The standard InChI is InChI=1S/C16H25NO2/c1-3-9-18-12-14(17-2)11-13-8-10-19-16-7-5-4-6-15(13)16/h4-7,13-14,17H,3,8-12H2,1-2H3. The molecule has 0 saturated carbocycles. The zero-order valence-corrected chi connectivity index (χ0v) is 12.0. The van der Waals surface area contributed by atoms with Gasteiger partial charge in [-0.2, -0.15) is 0 Å². The van der Waals surface area contributed by atoms with E-state index in [0.29, 0.717) is 12.0 Å². The molecule has 0 radical (unpaired) electrons. The van der Waals surface area contributed by atoms with Gasteiger partial charge in [0.25, 0.3) is 0 Å². The molecule has 2 rings (SSSR count). The molecule has 1 aromatic carbocycles. The number of benzene rings is 1. The SMILES string of the molecule is CCCOCC(CC1CCOc2ccccc21)NC. The van der Waals surface area contributed by atoms with Crippen molar-refractivity contribution in [3.05, 3.63) is 29.8 Å². The maximum absolute atomic E-state index is 5.72. The quantitative estimate of drug-likeness (QED) is 0.767. The Labute approximate surface area is 116 Å². The predicted molar refractivity (Wildman–Crippen MR) is 77.9 cm³/mol. The summed E-state index contributed by atoms with van der Waals surface area (Å²) in [5.41, 5.74) is 1.35.